The van der Waals surface area contributed by atoms with Gasteiger partial charge in [0.2, 0.25) is 17.1 Å². The van der Waals surface area contributed by atoms with Crippen LogP contribution in [0.15, 0.2) is 42.5 Å². The smallest absolute Gasteiger partial charge is 0.245 e. The fraction of sp³-hybridized carbons (Fsp3) is 0.360. The molecule has 0 radical (unpaired) electrons. The summed E-state index contributed by atoms with van der Waals surface area (Å²) in [5.74, 6) is -2.77. The molecule has 1 N–H and O–H groups in total. The van der Waals surface area contributed by atoms with Gasteiger partial charge in [0.1, 0.15) is 6.10 Å². The van der Waals surface area contributed by atoms with Gasteiger partial charge in [-0.3, -0.25) is 5.41 Å². The molecule has 2 aromatic rings. The molecule has 2 heterocycles. The zero-order valence-electron chi connectivity index (χ0n) is 18.2. The first kappa shape index (κ1) is 23.1. The summed E-state index contributed by atoms with van der Waals surface area (Å²) in [4.78, 5) is 0. The van der Waals surface area contributed by atoms with Crippen molar-refractivity contribution in [2.45, 2.75) is 38.6 Å². The molecule has 2 aliphatic rings. The van der Waals surface area contributed by atoms with Crippen LogP contribution in [-0.2, 0) is 15.3 Å². The molecule has 0 spiro atoms. The van der Waals surface area contributed by atoms with Crippen molar-refractivity contribution < 1.29 is 9.47 Å². The Kier molecular flexibility index (Phi) is 5.43. The fourth-order valence-electron chi connectivity index (χ4n) is 4.97. The molecule has 2 aromatic carbocycles. The quantitative estimate of drug-likeness (QED) is 0.561. The van der Waals surface area contributed by atoms with Crippen LogP contribution < -0.4 is 0 Å². The number of benzene rings is 2. The third-order valence-corrected chi connectivity index (χ3v) is 7.43. The molecule has 166 valence electrons. The van der Waals surface area contributed by atoms with Crippen LogP contribution in [0.3, 0.4) is 0 Å². The highest BCUT2D eigenvalue weighted by atomic mass is 35.5. The molecule has 4 rings (SSSR count). The van der Waals surface area contributed by atoms with E-state index in [1.165, 1.54) is 6.07 Å². The summed E-state index contributed by atoms with van der Waals surface area (Å²) in [6.45, 7) is 5.75. The Morgan fingerprint density at radius 1 is 1.00 bits per heavy atom. The van der Waals surface area contributed by atoms with Crippen molar-refractivity contribution in [1.29, 1.82) is 21.2 Å². The van der Waals surface area contributed by atoms with E-state index in [9.17, 15) is 15.8 Å². The summed E-state index contributed by atoms with van der Waals surface area (Å²) in [6, 6.07) is 18.3. The summed E-state index contributed by atoms with van der Waals surface area (Å²) < 4.78 is 12.4. The first-order valence-corrected chi connectivity index (χ1v) is 11.1. The van der Waals surface area contributed by atoms with Gasteiger partial charge >= 0.3 is 0 Å². The second-order valence-electron chi connectivity index (χ2n) is 8.72. The van der Waals surface area contributed by atoms with Gasteiger partial charge in [-0.2, -0.15) is 15.8 Å². The predicted molar refractivity (Wildman–Crippen MR) is 122 cm³/mol. The van der Waals surface area contributed by atoms with Crippen LogP contribution >= 0.6 is 23.2 Å². The Morgan fingerprint density at radius 2 is 1.64 bits per heavy atom. The van der Waals surface area contributed by atoms with E-state index in [-0.39, 0.29) is 10.9 Å². The molecule has 2 bridgehead atoms. The van der Waals surface area contributed by atoms with E-state index in [1.54, 1.807) is 31.2 Å². The minimum atomic E-state index is -2.03. The van der Waals surface area contributed by atoms with Gasteiger partial charge in [0.15, 0.2) is 5.41 Å². The van der Waals surface area contributed by atoms with Gasteiger partial charge in [-0.15, -0.1) is 0 Å². The van der Waals surface area contributed by atoms with Crippen molar-refractivity contribution in [3.63, 3.8) is 0 Å². The van der Waals surface area contributed by atoms with Crippen molar-refractivity contribution in [3.05, 3.63) is 69.2 Å². The Labute approximate surface area is 202 Å². The van der Waals surface area contributed by atoms with Gasteiger partial charge in [0, 0.05) is 10.6 Å². The number of nitriles is 3. The van der Waals surface area contributed by atoms with Crippen molar-refractivity contribution in [1.82, 2.24) is 0 Å². The third-order valence-electron chi connectivity index (χ3n) is 6.88. The van der Waals surface area contributed by atoms with E-state index in [2.05, 4.69) is 19.9 Å². The third kappa shape index (κ3) is 2.84. The molecule has 2 saturated heterocycles. The lowest BCUT2D eigenvalue weighted by atomic mass is 9.53. The highest BCUT2D eigenvalue weighted by molar-refractivity contribution is 6.35. The van der Waals surface area contributed by atoms with Gasteiger partial charge < -0.3 is 9.47 Å². The number of halogens is 2. The van der Waals surface area contributed by atoms with Crippen molar-refractivity contribution in [2.24, 2.45) is 16.7 Å². The first-order chi connectivity index (χ1) is 15.6. The van der Waals surface area contributed by atoms with Gasteiger partial charge in [0.25, 0.3) is 0 Å². The molecule has 8 heteroatoms. The Hall–Kier alpha value is -3.08. The summed E-state index contributed by atoms with van der Waals surface area (Å²) in [5, 5.41) is 40.3. The molecule has 4 unspecified atom stereocenters. The average molecular weight is 479 g/mol. The molecular formula is C25H20Cl2N4O2. The second-order valence-corrected chi connectivity index (χ2v) is 9.56. The SMILES string of the molecule is CC(C)c1ccc(C2OC3(c4ccc(Cl)cc4Cl)OC(=N)C(C#N)(C3C)C2(C#N)C#N)cc1. The Balaban J connectivity index is 2.01. The van der Waals surface area contributed by atoms with Crippen LogP contribution in [0.25, 0.3) is 0 Å². The summed E-state index contributed by atoms with van der Waals surface area (Å²) in [5.41, 5.74) is -1.95. The molecule has 0 aromatic heterocycles. The topological polar surface area (TPSA) is 114 Å². The minimum absolute atomic E-state index is 0.228. The van der Waals surface area contributed by atoms with Gasteiger partial charge in [-0.1, -0.05) is 68.2 Å². The molecular weight excluding hydrogens is 459 g/mol. The first-order valence-electron chi connectivity index (χ1n) is 10.4. The molecule has 0 aliphatic carbocycles. The molecule has 4 atom stereocenters. The van der Waals surface area contributed by atoms with Gasteiger partial charge in [-0.25, -0.2) is 0 Å². The summed E-state index contributed by atoms with van der Waals surface area (Å²) in [6.07, 6.45) is -1.18. The lowest BCUT2D eigenvalue weighted by molar-refractivity contribution is -0.288. The number of ether oxygens (including phenoxy) is 2. The Morgan fingerprint density at radius 3 is 2.15 bits per heavy atom. The fourth-order valence-corrected chi connectivity index (χ4v) is 5.51. The number of rotatable bonds is 3. The molecule has 6 nitrogen and oxygen atoms in total. The maximum atomic E-state index is 10.4. The van der Waals surface area contributed by atoms with Crippen LogP contribution in [0.5, 0.6) is 0 Å². The number of nitrogens with one attached hydrogen (secondary N) is 1. The molecule has 2 fully saturated rings. The number of nitrogens with zero attached hydrogens (tertiary/aromatic N) is 3. The summed E-state index contributed by atoms with van der Waals surface area (Å²) >= 11 is 12.6. The second kappa shape index (κ2) is 7.75. The van der Waals surface area contributed by atoms with Gasteiger partial charge in [-0.05, 0) is 35.2 Å². The van der Waals surface area contributed by atoms with Crippen LogP contribution in [-0.4, -0.2) is 5.90 Å². The van der Waals surface area contributed by atoms with E-state index in [4.69, 9.17) is 38.1 Å². The largest absolute Gasteiger partial charge is 0.443 e. The minimum Gasteiger partial charge on any atom is -0.443 e. The van der Waals surface area contributed by atoms with Crippen LogP contribution in [0, 0.1) is 56.2 Å². The standard InChI is InChI=1S/C25H20Cl2N4O2/c1-14(2)16-4-6-17(7-5-16)21-23(11-28,12-29)24(13-30)15(3)25(32-21,33-22(24)31)19-9-8-18(26)10-20(19)27/h4-10,14-15,21,31H,1-3H3. The zero-order valence-corrected chi connectivity index (χ0v) is 19.7. The molecule has 33 heavy (non-hydrogen) atoms. The van der Waals surface area contributed by atoms with Crippen molar-refractivity contribution >= 4 is 29.1 Å². The summed E-state index contributed by atoms with van der Waals surface area (Å²) in [7, 11) is 0. The zero-order chi connectivity index (χ0) is 24.2. The van der Waals surface area contributed by atoms with Crippen LogP contribution in [0.2, 0.25) is 10.0 Å². The lowest BCUT2D eigenvalue weighted by Gasteiger charge is -2.49. The van der Waals surface area contributed by atoms with E-state index < -0.39 is 34.5 Å². The van der Waals surface area contributed by atoms with E-state index >= 15 is 0 Å². The predicted octanol–water partition coefficient (Wildman–Crippen LogP) is 6.23. The van der Waals surface area contributed by atoms with Gasteiger partial charge in [0.05, 0.1) is 29.1 Å². The monoisotopic (exact) mass is 478 g/mol. The van der Waals surface area contributed by atoms with Crippen molar-refractivity contribution in [2.75, 3.05) is 0 Å². The van der Waals surface area contributed by atoms with E-state index in [0.29, 0.717) is 16.1 Å². The number of fused-ring (bicyclic) bond motifs is 2. The Bertz CT molecular complexity index is 1260. The van der Waals surface area contributed by atoms with E-state index in [0.717, 1.165) is 5.56 Å². The van der Waals surface area contributed by atoms with Crippen LogP contribution in [0.4, 0.5) is 0 Å². The molecule has 2 aliphatic heterocycles. The van der Waals surface area contributed by atoms with Crippen LogP contribution in [0.1, 0.15) is 49.5 Å². The highest BCUT2D eigenvalue weighted by Gasteiger charge is 2.80. The molecule has 0 saturated carbocycles. The number of hydrogen-bond donors (Lipinski definition) is 1. The number of hydrogen-bond acceptors (Lipinski definition) is 6. The normalized spacial score (nSPS) is 29.6. The maximum Gasteiger partial charge on any atom is 0.245 e. The van der Waals surface area contributed by atoms with Crippen molar-refractivity contribution in [3.8, 4) is 18.2 Å². The van der Waals surface area contributed by atoms with E-state index in [1.807, 2.05) is 24.3 Å². The maximum absolute atomic E-state index is 10.4. The highest BCUT2D eigenvalue weighted by Crippen LogP contribution is 2.69. The average Bonchev–Trinajstić information content (AvgIpc) is 2.95. The lowest BCUT2D eigenvalue weighted by Crippen LogP contribution is -2.57. The molecule has 0 amide bonds.